The second-order valence-corrected chi connectivity index (χ2v) is 8.77. The summed E-state index contributed by atoms with van der Waals surface area (Å²) in [5.74, 6) is 0.360. The Morgan fingerprint density at radius 3 is 2.56 bits per heavy atom. The van der Waals surface area contributed by atoms with Gasteiger partial charge in [-0.15, -0.1) is 0 Å². The maximum Gasteiger partial charge on any atom is 0.159 e. The second-order valence-electron chi connectivity index (χ2n) is 8.77. The largest absolute Gasteiger partial charge is 0.335 e. The predicted octanol–water partition coefficient (Wildman–Crippen LogP) is 5.87. The van der Waals surface area contributed by atoms with Gasteiger partial charge >= 0.3 is 0 Å². The van der Waals surface area contributed by atoms with Crippen molar-refractivity contribution in [3.8, 4) is 33.8 Å². The van der Waals surface area contributed by atoms with Gasteiger partial charge in [0, 0.05) is 41.6 Å². The van der Waals surface area contributed by atoms with Crippen molar-refractivity contribution in [3.63, 3.8) is 0 Å². The molecule has 178 valence electrons. The summed E-state index contributed by atoms with van der Waals surface area (Å²) in [5, 5.41) is 12.1. The molecule has 0 saturated heterocycles. The summed E-state index contributed by atoms with van der Waals surface area (Å²) in [7, 11) is 0. The van der Waals surface area contributed by atoms with Crippen LogP contribution in [0.1, 0.15) is 18.9 Å². The Morgan fingerprint density at radius 2 is 1.69 bits per heavy atom. The number of H-pyrrole nitrogens is 2. The van der Waals surface area contributed by atoms with E-state index in [9.17, 15) is 4.39 Å². The van der Waals surface area contributed by atoms with Crippen LogP contribution in [0.25, 0.3) is 55.7 Å². The number of hydrogen-bond donors (Lipinski definition) is 3. The fraction of sp³-hybridized carbons (Fsp3) is 0.143. The Labute approximate surface area is 206 Å². The quantitative estimate of drug-likeness (QED) is 0.250. The summed E-state index contributed by atoms with van der Waals surface area (Å²) in [4.78, 5) is 17.0. The van der Waals surface area contributed by atoms with Gasteiger partial charge in [0.05, 0.1) is 22.7 Å². The summed E-state index contributed by atoms with van der Waals surface area (Å²) >= 11 is 0. The molecule has 0 bridgehead atoms. The fourth-order valence-electron chi connectivity index (χ4n) is 4.41. The predicted molar refractivity (Wildman–Crippen MR) is 140 cm³/mol. The summed E-state index contributed by atoms with van der Waals surface area (Å²) < 4.78 is 13.4. The van der Waals surface area contributed by atoms with E-state index in [1.54, 1.807) is 24.5 Å². The maximum atomic E-state index is 13.4. The molecule has 6 rings (SSSR count). The van der Waals surface area contributed by atoms with Crippen LogP contribution in [-0.4, -0.2) is 36.7 Å². The highest BCUT2D eigenvalue weighted by atomic mass is 19.1. The smallest absolute Gasteiger partial charge is 0.159 e. The van der Waals surface area contributed by atoms with Crippen molar-refractivity contribution in [2.75, 3.05) is 6.54 Å². The molecule has 7 nitrogen and oxygen atoms in total. The Balaban J connectivity index is 1.40. The zero-order valence-electron chi connectivity index (χ0n) is 19.7. The first-order chi connectivity index (χ1) is 17.7. The normalized spacial score (nSPS) is 11.5. The molecule has 0 aliphatic heterocycles. The number of fused-ring (bicyclic) bond motifs is 2. The van der Waals surface area contributed by atoms with Gasteiger partial charge in [0.1, 0.15) is 11.5 Å². The molecule has 2 aromatic carbocycles. The zero-order chi connectivity index (χ0) is 24.5. The van der Waals surface area contributed by atoms with E-state index in [0.717, 1.165) is 75.0 Å². The number of pyridine rings is 2. The van der Waals surface area contributed by atoms with Crippen LogP contribution in [0.2, 0.25) is 0 Å². The minimum atomic E-state index is -0.279. The molecular weight excluding hydrogens is 453 g/mol. The Morgan fingerprint density at radius 1 is 0.861 bits per heavy atom. The summed E-state index contributed by atoms with van der Waals surface area (Å²) in [6, 6.07) is 14.7. The highest BCUT2D eigenvalue weighted by molar-refractivity contribution is 5.98. The molecule has 4 heterocycles. The van der Waals surface area contributed by atoms with E-state index >= 15 is 0 Å². The van der Waals surface area contributed by atoms with Crippen LogP contribution in [0.15, 0.2) is 73.3 Å². The second kappa shape index (κ2) is 9.31. The average molecular weight is 478 g/mol. The highest BCUT2D eigenvalue weighted by Crippen LogP contribution is 2.32. The van der Waals surface area contributed by atoms with Crippen LogP contribution in [0.3, 0.4) is 0 Å². The maximum absolute atomic E-state index is 13.4. The topological polar surface area (TPSA) is 95.2 Å². The molecule has 0 aliphatic rings. The molecule has 36 heavy (non-hydrogen) atoms. The third-order valence-electron chi connectivity index (χ3n) is 6.22. The molecule has 0 unspecified atom stereocenters. The molecule has 0 radical (unpaired) electrons. The van der Waals surface area contributed by atoms with Gasteiger partial charge in [0.2, 0.25) is 0 Å². The number of aromatic amines is 2. The van der Waals surface area contributed by atoms with Crippen LogP contribution < -0.4 is 5.32 Å². The van der Waals surface area contributed by atoms with Crippen molar-refractivity contribution >= 4 is 21.9 Å². The zero-order valence-corrected chi connectivity index (χ0v) is 19.7. The van der Waals surface area contributed by atoms with Gasteiger partial charge in [-0.1, -0.05) is 25.1 Å². The number of aromatic nitrogens is 6. The van der Waals surface area contributed by atoms with Gasteiger partial charge in [0.15, 0.2) is 5.82 Å². The lowest BCUT2D eigenvalue weighted by atomic mass is 10.0. The van der Waals surface area contributed by atoms with Crippen molar-refractivity contribution in [1.29, 1.82) is 0 Å². The van der Waals surface area contributed by atoms with Gasteiger partial charge in [-0.2, -0.15) is 5.10 Å². The van der Waals surface area contributed by atoms with Gasteiger partial charge in [-0.25, -0.2) is 9.37 Å². The molecule has 0 amide bonds. The minimum absolute atomic E-state index is 0.279. The van der Waals surface area contributed by atoms with E-state index in [4.69, 9.17) is 4.98 Å². The SMILES string of the molecule is CCCNCc1cncc(-c2ccc3[nH]nc(-c4nc5c(-c6ccc(F)cc6)cncc5[nH]4)c3c2)c1. The van der Waals surface area contributed by atoms with E-state index < -0.39 is 0 Å². The number of nitrogens with zero attached hydrogens (tertiary/aromatic N) is 4. The Hall–Kier alpha value is -4.43. The Kier molecular flexibility index (Phi) is 5.71. The van der Waals surface area contributed by atoms with Gasteiger partial charge in [-0.05, 0) is 60.0 Å². The molecule has 3 N–H and O–H groups in total. The first-order valence-electron chi connectivity index (χ1n) is 11.9. The third kappa shape index (κ3) is 4.12. The first kappa shape index (κ1) is 22.1. The molecule has 0 atom stereocenters. The lowest BCUT2D eigenvalue weighted by Crippen LogP contribution is -2.13. The molecule has 0 saturated carbocycles. The van der Waals surface area contributed by atoms with Gasteiger partial charge < -0.3 is 10.3 Å². The van der Waals surface area contributed by atoms with Crippen LogP contribution in [0.5, 0.6) is 0 Å². The minimum Gasteiger partial charge on any atom is -0.335 e. The van der Waals surface area contributed by atoms with Gasteiger partial charge in [-0.3, -0.25) is 15.1 Å². The molecule has 0 fully saturated rings. The van der Waals surface area contributed by atoms with Crippen molar-refractivity contribution in [1.82, 2.24) is 35.5 Å². The van der Waals surface area contributed by atoms with Crippen molar-refractivity contribution in [2.24, 2.45) is 0 Å². The number of rotatable bonds is 7. The lowest BCUT2D eigenvalue weighted by molar-refractivity contribution is 0.628. The average Bonchev–Trinajstić information content (AvgIpc) is 3.53. The number of hydrogen-bond acceptors (Lipinski definition) is 5. The van der Waals surface area contributed by atoms with Crippen molar-refractivity contribution in [3.05, 3.63) is 84.7 Å². The van der Waals surface area contributed by atoms with E-state index in [1.165, 1.54) is 12.1 Å². The molecule has 8 heteroatoms. The third-order valence-corrected chi connectivity index (χ3v) is 6.22. The summed E-state index contributed by atoms with van der Waals surface area (Å²) in [6.07, 6.45) is 8.36. The lowest BCUT2D eigenvalue weighted by Gasteiger charge is -2.06. The summed E-state index contributed by atoms with van der Waals surface area (Å²) in [5.41, 5.74) is 8.11. The molecule has 0 spiro atoms. The van der Waals surface area contributed by atoms with E-state index in [1.807, 2.05) is 18.5 Å². The molecule has 6 aromatic rings. The molecular formula is C28H24FN7. The van der Waals surface area contributed by atoms with Crippen LogP contribution >= 0.6 is 0 Å². The van der Waals surface area contributed by atoms with Crippen LogP contribution in [0, 0.1) is 5.82 Å². The monoisotopic (exact) mass is 477 g/mol. The van der Waals surface area contributed by atoms with E-state index in [-0.39, 0.29) is 5.82 Å². The number of halogens is 1. The number of nitrogens with one attached hydrogen (secondary N) is 3. The molecule has 4 aromatic heterocycles. The first-order valence-corrected chi connectivity index (χ1v) is 11.9. The standard InChI is InChI=1S/C28H24FN7/c1-2-9-30-12-17-10-20(14-31-13-17)19-5-8-24-22(11-19)27(36-35-24)28-33-25-16-32-15-23(26(25)34-28)18-3-6-21(29)7-4-18/h3-8,10-11,13-16,30H,2,9,12H2,1H3,(H,33,34)(H,35,36). The van der Waals surface area contributed by atoms with Crippen molar-refractivity contribution in [2.45, 2.75) is 19.9 Å². The number of imidazole rings is 1. The number of benzene rings is 2. The van der Waals surface area contributed by atoms with Crippen LogP contribution in [-0.2, 0) is 6.54 Å². The molecule has 0 aliphatic carbocycles. The van der Waals surface area contributed by atoms with Crippen molar-refractivity contribution < 1.29 is 4.39 Å². The summed E-state index contributed by atoms with van der Waals surface area (Å²) in [6.45, 7) is 3.92. The van der Waals surface area contributed by atoms with E-state index in [2.05, 4.69) is 55.6 Å². The van der Waals surface area contributed by atoms with Crippen LogP contribution in [0.4, 0.5) is 4.39 Å². The fourth-order valence-corrected chi connectivity index (χ4v) is 4.41. The van der Waals surface area contributed by atoms with Gasteiger partial charge in [0.25, 0.3) is 0 Å². The Bertz CT molecular complexity index is 1670. The van der Waals surface area contributed by atoms with E-state index in [0.29, 0.717) is 5.82 Å². The highest BCUT2D eigenvalue weighted by Gasteiger charge is 2.16.